The maximum absolute atomic E-state index is 11.8. The second-order valence-corrected chi connectivity index (χ2v) is 4.90. The van der Waals surface area contributed by atoms with Gasteiger partial charge >= 0.3 is 0 Å². The SMILES string of the molecule is CCCc1nnsc1C(=O)NCCOCCBr. The van der Waals surface area contributed by atoms with Crippen LogP contribution in [0.15, 0.2) is 0 Å². The van der Waals surface area contributed by atoms with Crippen LogP contribution < -0.4 is 5.32 Å². The third-order valence-corrected chi connectivity index (χ3v) is 3.09. The van der Waals surface area contributed by atoms with E-state index in [9.17, 15) is 4.79 Å². The Hall–Kier alpha value is -0.530. The molecule has 0 unspecified atom stereocenters. The monoisotopic (exact) mass is 321 g/mol. The van der Waals surface area contributed by atoms with Crippen LogP contribution in [-0.2, 0) is 11.2 Å². The average molecular weight is 322 g/mol. The van der Waals surface area contributed by atoms with E-state index < -0.39 is 0 Å². The number of carbonyl (C=O) groups excluding carboxylic acids is 1. The number of aryl methyl sites for hydroxylation is 1. The molecule has 1 amide bonds. The van der Waals surface area contributed by atoms with E-state index in [1.54, 1.807) is 0 Å². The van der Waals surface area contributed by atoms with Gasteiger partial charge in [0, 0.05) is 11.9 Å². The molecule has 0 aliphatic carbocycles. The summed E-state index contributed by atoms with van der Waals surface area (Å²) in [5.74, 6) is -0.106. The number of nitrogens with one attached hydrogen (secondary N) is 1. The molecule has 0 saturated heterocycles. The number of aromatic nitrogens is 2. The predicted molar refractivity (Wildman–Crippen MR) is 70.9 cm³/mol. The fraction of sp³-hybridized carbons (Fsp3) is 0.700. The first-order valence-electron chi connectivity index (χ1n) is 5.52. The van der Waals surface area contributed by atoms with Crippen molar-refractivity contribution in [3.63, 3.8) is 0 Å². The van der Waals surface area contributed by atoms with E-state index in [2.05, 4.69) is 37.8 Å². The smallest absolute Gasteiger partial charge is 0.265 e. The van der Waals surface area contributed by atoms with Crippen LogP contribution in [0.4, 0.5) is 0 Å². The van der Waals surface area contributed by atoms with Gasteiger partial charge in [0.1, 0.15) is 4.88 Å². The van der Waals surface area contributed by atoms with Crippen molar-refractivity contribution in [3.05, 3.63) is 10.6 Å². The van der Waals surface area contributed by atoms with Crippen LogP contribution in [0.5, 0.6) is 0 Å². The van der Waals surface area contributed by atoms with Crippen molar-refractivity contribution in [1.82, 2.24) is 14.9 Å². The number of alkyl halides is 1. The van der Waals surface area contributed by atoms with Gasteiger partial charge in [-0.05, 0) is 18.0 Å². The van der Waals surface area contributed by atoms with E-state index in [-0.39, 0.29) is 5.91 Å². The predicted octanol–water partition coefficient (Wildman–Crippen LogP) is 1.63. The third kappa shape index (κ3) is 5.10. The van der Waals surface area contributed by atoms with Gasteiger partial charge in [0.25, 0.3) is 5.91 Å². The molecule has 1 aromatic heterocycles. The quantitative estimate of drug-likeness (QED) is 0.584. The first-order valence-corrected chi connectivity index (χ1v) is 7.42. The lowest BCUT2D eigenvalue weighted by atomic mass is 10.2. The van der Waals surface area contributed by atoms with Crippen molar-refractivity contribution >= 4 is 33.4 Å². The molecule has 17 heavy (non-hydrogen) atoms. The fourth-order valence-corrected chi connectivity index (χ4v) is 2.11. The number of halogens is 1. The highest BCUT2D eigenvalue weighted by Crippen LogP contribution is 2.11. The molecule has 0 radical (unpaired) electrons. The number of amides is 1. The van der Waals surface area contributed by atoms with Gasteiger partial charge in [-0.15, -0.1) is 5.10 Å². The minimum atomic E-state index is -0.106. The molecular formula is C10H16BrN3O2S. The highest BCUT2D eigenvalue weighted by Gasteiger charge is 2.14. The summed E-state index contributed by atoms with van der Waals surface area (Å²) in [6.45, 7) is 3.73. The van der Waals surface area contributed by atoms with Crippen molar-refractivity contribution in [2.75, 3.05) is 25.1 Å². The molecule has 0 saturated carbocycles. The van der Waals surface area contributed by atoms with E-state index >= 15 is 0 Å². The number of rotatable bonds is 8. The standard InChI is InChI=1S/C10H16BrN3O2S/c1-2-3-8-9(17-14-13-8)10(15)12-5-7-16-6-4-11/h2-7H2,1H3,(H,12,15). The number of carbonyl (C=O) groups is 1. The van der Waals surface area contributed by atoms with Crippen molar-refractivity contribution in [2.24, 2.45) is 0 Å². The molecule has 5 nitrogen and oxygen atoms in total. The van der Waals surface area contributed by atoms with Gasteiger partial charge in [-0.25, -0.2) is 0 Å². The first-order chi connectivity index (χ1) is 8.29. The molecule has 0 aromatic carbocycles. The topological polar surface area (TPSA) is 64.1 Å². The maximum atomic E-state index is 11.8. The Bertz CT molecular complexity index is 346. The molecule has 0 fully saturated rings. The summed E-state index contributed by atoms with van der Waals surface area (Å²) in [5.41, 5.74) is 0.788. The van der Waals surface area contributed by atoms with Gasteiger partial charge in [-0.3, -0.25) is 4.79 Å². The van der Waals surface area contributed by atoms with Gasteiger partial charge in [0.15, 0.2) is 0 Å². The van der Waals surface area contributed by atoms with Gasteiger partial charge in [0.2, 0.25) is 0 Å². The Morgan fingerprint density at radius 3 is 3.06 bits per heavy atom. The second kappa shape index (κ2) is 8.54. The lowest BCUT2D eigenvalue weighted by molar-refractivity contribution is 0.0927. The molecule has 0 atom stereocenters. The molecule has 1 heterocycles. The average Bonchev–Trinajstić information content (AvgIpc) is 2.77. The van der Waals surface area contributed by atoms with E-state index in [0.29, 0.717) is 24.6 Å². The normalized spacial score (nSPS) is 10.5. The zero-order valence-corrected chi connectivity index (χ0v) is 12.1. The molecule has 0 aliphatic heterocycles. The van der Waals surface area contributed by atoms with Crippen LogP contribution in [0.2, 0.25) is 0 Å². The van der Waals surface area contributed by atoms with Crippen LogP contribution in [0, 0.1) is 0 Å². The fourth-order valence-electron chi connectivity index (χ4n) is 1.26. The second-order valence-electron chi connectivity index (χ2n) is 3.36. The summed E-state index contributed by atoms with van der Waals surface area (Å²) < 4.78 is 9.05. The zero-order chi connectivity index (χ0) is 12.5. The third-order valence-electron chi connectivity index (χ3n) is 2.00. The van der Waals surface area contributed by atoms with Crippen molar-refractivity contribution in [1.29, 1.82) is 0 Å². The Labute approximate surface area is 113 Å². The molecule has 96 valence electrons. The molecule has 0 aliphatic rings. The van der Waals surface area contributed by atoms with Gasteiger partial charge in [0.05, 0.1) is 18.9 Å². The van der Waals surface area contributed by atoms with Crippen LogP contribution in [0.1, 0.15) is 28.7 Å². The Kier molecular flexibility index (Phi) is 7.30. The highest BCUT2D eigenvalue weighted by molar-refractivity contribution is 9.09. The van der Waals surface area contributed by atoms with Crippen molar-refractivity contribution in [3.8, 4) is 0 Å². The molecule has 0 spiro atoms. The van der Waals surface area contributed by atoms with Gasteiger partial charge in [-0.1, -0.05) is 33.8 Å². The Morgan fingerprint density at radius 1 is 1.53 bits per heavy atom. The summed E-state index contributed by atoms with van der Waals surface area (Å²) in [4.78, 5) is 12.4. The minimum absolute atomic E-state index is 0.106. The van der Waals surface area contributed by atoms with Crippen molar-refractivity contribution in [2.45, 2.75) is 19.8 Å². The summed E-state index contributed by atoms with van der Waals surface area (Å²) in [6, 6.07) is 0. The molecule has 7 heteroatoms. The van der Waals surface area contributed by atoms with Crippen LogP contribution in [-0.4, -0.2) is 40.6 Å². The summed E-state index contributed by atoms with van der Waals surface area (Å²) in [7, 11) is 0. The summed E-state index contributed by atoms with van der Waals surface area (Å²) in [6.07, 6.45) is 1.75. The maximum Gasteiger partial charge on any atom is 0.265 e. The van der Waals surface area contributed by atoms with Gasteiger partial charge < -0.3 is 10.1 Å². The lowest BCUT2D eigenvalue weighted by Gasteiger charge is -2.04. The van der Waals surface area contributed by atoms with Crippen LogP contribution >= 0.6 is 27.5 Å². The first kappa shape index (κ1) is 14.5. The van der Waals surface area contributed by atoms with E-state index in [0.717, 1.165) is 35.4 Å². The Balaban J connectivity index is 2.33. The number of hydrogen-bond acceptors (Lipinski definition) is 5. The zero-order valence-electron chi connectivity index (χ0n) is 9.74. The highest BCUT2D eigenvalue weighted by atomic mass is 79.9. The van der Waals surface area contributed by atoms with Crippen LogP contribution in [0.3, 0.4) is 0 Å². The summed E-state index contributed by atoms with van der Waals surface area (Å²) >= 11 is 4.41. The molecule has 1 aromatic rings. The molecule has 1 N–H and O–H groups in total. The van der Waals surface area contributed by atoms with Crippen LogP contribution in [0.25, 0.3) is 0 Å². The molecule has 0 bridgehead atoms. The molecule has 1 rings (SSSR count). The number of ether oxygens (including phenoxy) is 1. The lowest BCUT2D eigenvalue weighted by Crippen LogP contribution is -2.27. The summed E-state index contributed by atoms with van der Waals surface area (Å²) in [5, 5.41) is 7.55. The Morgan fingerprint density at radius 2 is 2.35 bits per heavy atom. The van der Waals surface area contributed by atoms with Gasteiger partial charge in [-0.2, -0.15) is 0 Å². The number of hydrogen-bond donors (Lipinski definition) is 1. The van der Waals surface area contributed by atoms with E-state index in [1.165, 1.54) is 0 Å². The largest absolute Gasteiger partial charge is 0.379 e. The van der Waals surface area contributed by atoms with E-state index in [4.69, 9.17) is 4.74 Å². The van der Waals surface area contributed by atoms with E-state index in [1.807, 2.05) is 0 Å². The van der Waals surface area contributed by atoms with Crippen molar-refractivity contribution < 1.29 is 9.53 Å². The minimum Gasteiger partial charge on any atom is -0.379 e. The number of nitrogens with zero attached hydrogens (tertiary/aromatic N) is 2. The molecular weight excluding hydrogens is 306 g/mol.